The van der Waals surface area contributed by atoms with E-state index in [0.29, 0.717) is 0 Å². The molecule has 2 amide bonds. The first-order chi connectivity index (χ1) is 8.04. The SMILES string of the molecule is COC(=O)/C=C/C(=O)OCN1C(=O)CCC1=O. The lowest BCUT2D eigenvalue weighted by atomic mass is 10.4. The van der Waals surface area contributed by atoms with Crippen LogP contribution >= 0.6 is 0 Å². The normalized spacial score (nSPS) is 15.5. The van der Waals surface area contributed by atoms with Crippen LogP contribution in [0.1, 0.15) is 12.8 Å². The summed E-state index contributed by atoms with van der Waals surface area (Å²) in [6.45, 7) is -0.429. The van der Waals surface area contributed by atoms with Crippen LogP contribution in [-0.2, 0) is 28.7 Å². The molecule has 0 saturated carbocycles. The minimum atomic E-state index is -0.831. The molecule has 7 nitrogen and oxygen atoms in total. The van der Waals surface area contributed by atoms with Gasteiger partial charge in [0.15, 0.2) is 6.73 Å². The van der Waals surface area contributed by atoms with Crippen molar-refractivity contribution in [1.82, 2.24) is 4.90 Å². The lowest BCUT2D eigenvalue weighted by Gasteiger charge is -2.12. The van der Waals surface area contributed by atoms with Gasteiger partial charge >= 0.3 is 11.9 Å². The van der Waals surface area contributed by atoms with Gasteiger partial charge in [-0.2, -0.15) is 0 Å². The first-order valence-corrected chi connectivity index (χ1v) is 4.80. The highest BCUT2D eigenvalue weighted by atomic mass is 16.5. The minimum Gasteiger partial charge on any atom is -0.466 e. The van der Waals surface area contributed by atoms with E-state index in [1.807, 2.05) is 0 Å². The summed E-state index contributed by atoms with van der Waals surface area (Å²) in [5.41, 5.74) is 0. The van der Waals surface area contributed by atoms with E-state index < -0.39 is 18.7 Å². The summed E-state index contributed by atoms with van der Waals surface area (Å²) in [6, 6.07) is 0. The van der Waals surface area contributed by atoms with Crippen LogP contribution in [0.3, 0.4) is 0 Å². The topological polar surface area (TPSA) is 90.0 Å². The molecule has 1 aliphatic heterocycles. The van der Waals surface area contributed by atoms with Gasteiger partial charge in [-0.3, -0.25) is 9.59 Å². The maximum atomic E-state index is 11.1. The number of hydrogen-bond acceptors (Lipinski definition) is 6. The van der Waals surface area contributed by atoms with E-state index in [1.54, 1.807) is 0 Å². The smallest absolute Gasteiger partial charge is 0.332 e. The van der Waals surface area contributed by atoms with E-state index in [2.05, 4.69) is 9.47 Å². The largest absolute Gasteiger partial charge is 0.466 e. The van der Waals surface area contributed by atoms with Gasteiger partial charge in [-0.25, -0.2) is 14.5 Å². The lowest BCUT2D eigenvalue weighted by molar-refractivity contribution is -0.152. The highest BCUT2D eigenvalue weighted by molar-refractivity contribution is 6.02. The summed E-state index contributed by atoms with van der Waals surface area (Å²) in [5, 5.41) is 0. The molecule has 1 aliphatic rings. The van der Waals surface area contributed by atoms with Gasteiger partial charge in [0.2, 0.25) is 11.8 Å². The number of imide groups is 1. The van der Waals surface area contributed by atoms with Crippen molar-refractivity contribution in [1.29, 1.82) is 0 Å². The van der Waals surface area contributed by atoms with Crippen LogP contribution in [0.15, 0.2) is 12.2 Å². The molecular weight excluding hydrogens is 230 g/mol. The Labute approximate surface area is 97.0 Å². The summed E-state index contributed by atoms with van der Waals surface area (Å²) in [6.07, 6.45) is 2.01. The second-order valence-corrected chi connectivity index (χ2v) is 3.16. The fourth-order valence-electron chi connectivity index (χ4n) is 1.15. The second kappa shape index (κ2) is 5.78. The Morgan fingerprint density at radius 2 is 1.71 bits per heavy atom. The zero-order chi connectivity index (χ0) is 12.8. The predicted octanol–water partition coefficient (Wildman–Crippen LogP) is -0.635. The Hall–Kier alpha value is -2.18. The van der Waals surface area contributed by atoms with Crippen molar-refractivity contribution in [2.24, 2.45) is 0 Å². The predicted molar refractivity (Wildman–Crippen MR) is 53.2 cm³/mol. The molecule has 0 aliphatic carbocycles. The number of amides is 2. The molecule has 1 heterocycles. The van der Waals surface area contributed by atoms with Crippen LogP contribution in [-0.4, -0.2) is 42.5 Å². The molecule has 0 radical (unpaired) electrons. The van der Waals surface area contributed by atoms with E-state index in [9.17, 15) is 19.2 Å². The highest BCUT2D eigenvalue weighted by Crippen LogP contribution is 2.10. The van der Waals surface area contributed by atoms with Crippen LogP contribution in [0.5, 0.6) is 0 Å². The summed E-state index contributed by atoms with van der Waals surface area (Å²) in [5.74, 6) is -2.28. The monoisotopic (exact) mass is 241 g/mol. The van der Waals surface area contributed by atoms with Crippen molar-refractivity contribution >= 4 is 23.8 Å². The first kappa shape index (κ1) is 12.9. The van der Waals surface area contributed by atoms with E-state index >= 15 is 0 Å². The molecule has 0 spiro atoms. The molecule has 7 heteroatoms. The minimum absolute atomic E-state index is 0.133. The summed E-state index contributed by atoms with van der Waals surface area (Å²) < 4.78 is 8.87. The molecule has 1 rings (SSSR count). The third-order valence-electron chi connectivity index (χ3n) is 2.05. The van der Waals surface area contributed by atoms with Gasteiger partial charge in [0.25, 0.3) is 0 Å². The molecule has 1 fully saturated rings. The summed E-state index contributed by atoms with van der Waals surface area (Å²) in [7, 11) is 1.17. The molecule has 17 heavy (non-hydrogen) atoms. The van der Waals surface area contributed by atoms with Crippen LogP contribution in [0, 0.1) is 0 Å². The second-order valence-electron chi connectivity index (χ2n) is 3.16. The quantitative estimate of drug-likeness (QED) is 0.369. The highest BCUT2D eigenvalue weighted by Gasteiger charge is 2.29. The zero-order valence-electron chi connectivity index (χ0n) is 9.17. The molecule has 92 valence electrons. The fraction of sp³-hybridized carbons (Fsp3) is 0.400. The molecule has 0 aromatic rings. The number of carbonyl (C=O) groups excluding carboxylic acids is 4. The number of nitrogens with zero attached hydrogens (tertiary/aromatic N) is 1. The number of likely N-dealkylation sites (tertiary alicyclic amines) is 1. The number of ether oxygens (including phenoxy) is 2. The van der Waals surface area contributed by atoms with Gasteiger partial charge in [0.1, 0.15) is 0 Å². The van der Waals surface area contributed by atoms with Gasteiger partial charge < -0.3 is 9.47 Å². The van der Waals surface area contributed by atoms with Crippen molar-refractivity contribution in [3.05, 3.63) is 12.2 Å². The van der Waals surface area contributed by atoms with Gasteiger partial charge in [0.05, 0.1) is 7.11 Å². The van der Waals surface area contributed by atoms with E-state index in [1.165, 1.54) is 7.11 Å². The van der Waals surface area contributed by atoms with E-state index in [0.717, 1.165) is 17.1 Å². The molecule has 0 aromatic carbocycles. The van der Waals surface area contributed by atoms with Gasteiger partial charge in [-0.15, -0.1) is 0 Å². The Bertz CT molecular complexity index is 370. The first-order valence-electron chi connectivity index (χ1n) is 4.80. The number of hydrogen-bond donors (Lipinski definition) is 0. The molecule has 0 atom stereocenters. The van der Waals surface area contributed by atoms with Crippen LogP contribution in [0.25, 0.3) is 0 Å². The van der Waals surface area contributed by atoms with Crippen molar-refractivity contribution < 1.29 is 28.7 Å². The standard InChI is InChI=1S/C10H11NO6/c1-16-9(14)4-5-10(15)17-6-11-7(12)2-3-8(11)13/h4-5H,2-3,6H2,1H3/b5-4+. The Morgan fingerprint density at radius 3 is 2.24 bits per heavy atom. The molecule has 0 N–H and O–H groups in total. The maximum Gasteiger partial charge on any atom is 0.332 e. The molecule has 0 aromatic heterocycles. The third kappa shape index (κ3) is 3.71. The molecule has 0 unspecified atom stereocenters. The third-order valence-corrected chi connectivity index (χ3v) is 2.05. The number of methoxy groups -OCH3 is 1. The van der Waals surface area contributed by atoms with Crippen molar-refractivity contribution in [3.63, 3.8) is 0 Å². The van der Waals surface area contributed by atoms with Gasteiger partial charge in [0, 0.05) is 25.0 Å². The van der Waals surface area contributed by atoms with Crippen molar-refractivity contribution in [2.75, 3.05) is 13.8 Å². The summed E-state index contributed by atoms with van der Waals surface area (Å²) in [4.78, 5) is 44.8. The van der Waals surface area contributed by atoms with Crippen molar-refractivity contribution in [2.45, 2.75) is 12.8 Å². The van der Waals surface area contributed by atoms with E-state index in [4.69, 9.17) is 0 Å². The van der Waals surface area contributed by atoms with Crippen LogP contribution in [0.2, 0.25) is 0 Å². The average Bonchev–Trinajstić information content (AvgIpc) is 2.63. The molecular formula is C10H11NO6. The number of carbonyl (C=O) groups is 4. The number of rotatable bonds is 4. The van der Waals surface area contributed by atoms with Gasteiger partial charge in [-0.05, 0) is 0 Å². The average molecular weight is 241 g/mol. The van der Waals surface area contributed by atoms with Crippen molar-refractivity contribution in [3.8, 4) is 0 Å². The Kier molecular flexibility index (Phi) is 4.38. The van der Waals surface area contributed by atoms with E-state index in [-0.39, 0.29) is 24.7 Å². The van der Waals surface area contributed by atoms with Crippen LogP contribution in [0.4, 0.5) is 0 Å². The van der Waals surface area contributed by atoms with Gasteiger partial charge in [-0.1, -0.05) is 0 Å². The Morgan fingerprint density at radius 1 is 1.18 bits per heavy atom. The molecule has 0 bridgehead atoms. The number of esters is 2. The molecule has 1 saturated heterocycles. The maximum absolute atomic E-state index is 11.1. The van der Waals surface area contributed by atoms with Crippen LogP contribution < -0.4 is 0 Å². The fourth-order valence-corrected chi connectivity index (χ4v) is 1.15. The lowest BCUT2D eigenvalue weighted by Crippen LogP contribution is -2.32. The Balaban J connectivity index is 2.38. The zero-order valence-corrected chi connectivity index (χ0v) is 9.17. The summed E-state index contributed by atoms with van der Waals surface area (Å²) >= 11 is 0.